The fraction of sp³-hybridized carbons (Fsp3) is 0.333. The van der Waals surface area contributed by atoms with Crippen LogP contribution < -0.4 is 5.32 Å². The molecule has 1 N–H and O–H groups in total. The van der Waals surface area contributed by atoms with Crippen molar-refractivity contribution in [3.63, 3.8) is 0 Å². The van der Waals surface area contributed by atoms with E-state index in [0.717, 1.165) is 18.4 Å². The van der Waals surface area contributed by atoms with Crippen LogP contribution in [0, 0.1) is 5.92 Å². The van der Waals surface area contributed by atoms with E-state index in [2.05, 4.69) is 15.5 Å². The summed E-state index contributed by atoms with van der Waals surface area (Å²) >= 11 is 5.98. The second kappa shape index (κ2) is 8.74. The van der Waals surface area contributed by atoms with E-state index in [1.165, 1.54) is 0 Å². The van der Waals surface area contributed by atoms with Crippen LogP contribution in [0.3, 0.4) is 0 Å². The number of aromatic nitrogens is 2. The van der Waals surface area contributed by atoms with Crippen LogP contribution in [0.5, 0.6) is 0 Å². The Morgan fingerprint density at radius 2 is 1.78 bits per heavy atom. The number of nitrogens with zero attached hydrogens (tertiary/aromatic N) is 3. The third-order valence-electron chi connectivity index (χ3n) is 6.00. The minimum Gasteiger partial charge on any atom is -0.339 e. The van der Waals surface area contributed by atoms with E-state index in [9.17, 15) is 9.59 Å². The van der Waals surface area contributed by atoms with Gasteiger partial charge in [-0.15, -0.1) is 0 Å². The van der Waals surface area contributed by atoms with Gasteiger partial charge in [-0.05, 0) is 56.0 Å². The molecule has 1 aromatic heterocycles. The molecular weight excluding hydrogens is 428 g/mol. The lowest BCUT2D eigenvalue weighted by molar-refractivity contribution is -0.121. The molecule has 7 nitrogen and oxygen atoms in total. The summed E-state index contributed by atoms with van der Waals surface area (Å²) in [5.41, 5.74) is 2.13. The highest BCUT2D eigenvalue weighted by atomic mass is 35.5. The highest BCUT2D eigenvalue weighted by molar-refractivity contribution is 6.30. The van der Waals surface area contributed by atoms with Gasteiger partial charge in [0.15, 0.2) is 0 Å². The number of likely N-dealkylation sites (tertiary alicyclic amines) is 1. The molecule has 164 valence electrons. The number of anilines is 1. The molecule has 2 aliphatic rings. The Labute approximate surface area is 190 Å². The molecule has 5 rings (SSSR count). The Hall–Kier alpha value is -3.19. The van der Waals surface area contributed by atoms with Gasteiger partial charge in [0.2, 0.25) is 17.6 Å². The molecule has 2 heterocycles. The lowest BCUT2D eigenvalue weighted by Gasteiger charge is -2.31. The number of hydrogen-bond acceptors (Lipinski definition) is 5. The summed E-state index contributed by atoms with van der Waals surface area (Å²) in [6.45, 7) is 1.09. The van der Waals surface area contributed by atoms with E-state index in [1.807, 2.05) is 18.2 Å². The number of rotatable bonds is 5. The Kier molecular flexibility index (Phi) is 5.66. The van der Waals surface area contributed by atoms with Crippen LogP contribution in [-0.4, -0.2) is 39.9 Å². The van der Waals surface area contributed by atoms with Crippen molar-refractivity contribution in [2.75, 3.05) is 18.4 Å². The zero-order valence-corrected chi connectivity index (χ0v) is 18.2. The summed E-state index contributed by atoms with van der Waals surface area (Å²) in [6.07, 6.45) is 3.47. The first-order valence-electron chi connectivity index (χ1n) is 10.9. The molecule has 0 radical (unpaired) electrons. The molecule has 8 heteroatoms. The molecule has 1 aliphatic carbocycles. The Morgan fingerprint density at radius 3 is 2.47 bits per heavy atom. The number of nitrogens with one attached hydrogen (secondary N) is 1. The second-order valence-corrected chi connectivity index (χ2v) is 8.81. The molecule has 0 unspecified atom stereocenters. The van der Waals surface area contributed by atoms with Gasteiger partial charge in [0.1, 0.15) is 0 Å². The molecule has 1 aliphatic heterocycles. The predicted octanol–water partition coefficient (Wildman–Crippen LogP) is 4.76. The van der Waals surface area contributed by atoms with E-state index in [-0.39, 0.29) is 17.7 Å². The van der Waals surface area contributed by atoms with Crippen LogP contribution in [0.25, 0.3) is 11.4 Å². The number of hydrogen-bond donors (Lipinski definition) is 1. The third-order valence-corrected chi connectivity index (χ3v) is 6.24. The second-order valence-electron chi connectivity index (χ2n) is 8.37. The summed E-state index contributed by atoms with van der Waals surface area (Å²) in [4.78, 5) is 31.7. The maximum absolute atomic E-state index is 12.9. The van der Waals surface area contributed by atoms with Crippen molar-refractivity contribution < 1.29 is 14.1 Å². The van der Waals surface area contributed by atoms with Gasteiger partial charge < -0.3 is 14.7 Å². The summed E-state index contributed by atoms with van der Waals surface area (Å²) in [5, 5.41) is 7.54. The maximum Gasteiger partial charge on any atom is 0.253 e. The van der Waals surface area contributed by atoms with Gasteiger partial charge in [0, 0.05) is 46.8 Å². The normalized spacial score (nSPS) is 16.7. The molecule has 0 bridgehead atoms. The van der Waals surface area contributed by atoms with Crippen LogP contribution in [-0.2, 0) is 4.79 Å². The largest absolute Gasteiger partial charge is 0.339 e. The molecule has 0 spiro atoms. The Bertz CT molecular complexity index is 1130. The molecule has 32 heavy (non-hydrogen) atoms. The average molecular weight is 451 g/mol. The molecule has 2 fully saturated rings. The highest BCUT2D eigenvalue weighted by Gasteiger charge is 2.30. The van der Waals surface area contributed by atoms with Gasteiger partial charge >= 0.3 is 0 Å². The van der Waals surface area contributed by atoms with Gasteiger partial charge in [-0.2, -0.15) is 4.98 Å². The van der Waals surface area contributed by atoms with E-state index < -0.39 is 0 Å². The van der Waals surface area contributed by atoms with Crippen LogP contribution in [0.1, 0.15) is 47.8 Å². The monoisotopic (exact) mass is 450 g/mol. The third kappa shape index (κ3) is 4.53. The van der Waals surface area contributed by atoms with Gasteiger partial charge in [-0.1, -0.05) is 35.0 Å². The fourth-order valence-electron chi connectivity index (χ4n) is 3.95. The standard InChI is InChI=1S/C24H23ClN4O3/c25-19-2-1-3-20(14-19)26-22(30)16-10-12-29(13-11-16)24(31)18-8-4-15(5-9-18)21-27-23(32-28-21)17-6-7-17/h1-5,8-9,14,16-17H,6-7,10-13H2,(H,26,30). The Morgan fingerprint density at radius 1 is 1.03 bits per heavy atom. The lowest BCUT2D eigenvalue weighted by Crippen LogP contribution is -2.41. The maximum atomic E-state index is 12.9. The minimum absolute atomic E-state index is 0.0305. The van der Waals surface area contributed by atoms with Crippen LogP contribution in [0.15, 0.2) is 53.1 Å². The molecule has 3 aromatic rings. The average Bonchev–Trinajstić information content (AvgIpc) is 3.55. The van der Waals surface area contributed by atoms with Gasteiger partial charge in [-0.3, -0.25) is 9.59 Å². The van der Waals surface area contributed by atoms with Crippen molar-refractivity contribution in [1.29, 1.82) is 0 Å². The fourth-order valence-corrected chi connectivity index (χ4v) is 4.14. The number of amides is 2. The van der Waals surface area contributed by atoms with E-state index in [0.29, 0.717) is 59.8 Å². The molecule has 1 saturated heterocycles. The number of piperidine rings is 1. The first kappa shape index (κ1) is 20.7. The summed E-state index contributed by atoms with van der Waals surface area (Å²) in [6, 6.07) is 14.4. The van der Waals surface area contributed by atoms with Crippen LogP contribution in [0.2, 0.25) is 5.02 Å². The topological polar surface area (TPSA) is 88.3 Å². The minimum atomic E-state index is -0.126. The van der Waals surface area contributed by atoms with Crippen molar-refractivity contribution in [2.24, 2.45) is 5.92 Å². The molecule has 2 amide bonds. The van der Waals surface area contributed by atoms with Crippen molar-refractivity contribution >= 4 is 29.1 Å². The van der Waals surface area contributed by atoms with Crippen LogP contribution >= 0.6 is 11.6 Å². The molecule has 1 saturated carbocycles. The molecule has 0 atom stereocenters. The SMILES string of the molecule is O=C(Nc1cccc(Cl)c1)C1CCN(C(=O)c2ccc(-c3noc(C4CC4)n3)cc2)CC1. The number of halogens is 1. The van der Waals surface area contributed by atoms with E-state index >= 15 is 0 Å². The smallest absolute Gasteiger partial charge is 0.253 e. The van der Waals surface area contributed by atoms with Crippen molar-refractivity contribution in [3.05, 3.63) is 65.0 Å². The van der Waals surface area contributed by atoms with Gasteiger partial charge in [0.25, 0.3) is 5.91 Å². The quantitative estimate of drug-likeness (QED) is 0.605. The predicted molar refractivity (Wildman–Crippen MR) is 120 cm³/mol. The highest BCUT2D eigenvalue weighted by Crippen LogP contribution is 2.39. The van der Waals surface area contributed by atoms with Crippen molar-refractivity contribution in [1.82, 2.24) is 15.0 Å². The van der Waals surface area contributed by atoms with E-state index in [4.69, 9.17) is 16.1 Å². The van der Waals surface area contributed by atoms with Crippen molar-refractivity contribution in [2.45, 2.75) is 31.6 Å². The molecular formula is C24H23ClN4O3. The lowest BCUT2D eigenvalue weighted by atomic mass is 9.95. The first-order valence-corrected chi connectivity index (χ1v) is 11.2. The van der Waals surface area contributed by atoms with Crippen molar-refractivity contribution in [3.8, 4) is 11.4 Å². The summed E-state index contributed by atoms with van der Waals surface area (Å²) in [5.74, 6) is 1.47. The van der Waals surface area contributed by atoms with Crippen LogP contribution in [0.4, 0.5) is 5.69 Å². The van der Waals surface area contributed by atoms with E-state index in [1.54, 1.807) is 35.2 Å². The zero-order valence-electron chi connectivity index (χ0n) is 17.5. The van der Waals surface area contributed by atoms with Gasteiger partial charge in [-0.25, -0.2) is 0 Å². The molecule has 2 aromatic carbocycles. The first-order chi connectivity index (χ1) is 15.6. The zero-order chi connectivity index (χ0) is 22.1. The summed E-state index contributed by atoms with van der Waals surface area (Å²) < 4.78 is 5.31. The summed E-state index contributed by atoms with van der Waals surface area (Å²) in [7, 11) is 0. The Balaban J connectivity index is 1.16. The number of benzene rings is 2. The number of carbonyl (C=O) groups excluding carboxylic acids is 2. The number of carbonyl (C=O) groups is 2. The van der Waals surface area contributed by atoms with Gasteiger partial charge in [0.05, 0.1) is 0 Å².